The van der Waals surface area contributed by atoms with Gasteiger partial charge in [0, 0.05) is 12.6 Å². The van der Waals surface area contributed by atoms with Crippen molar-refractivity contribution in [3.05, 3.63) is 35.9 Å². The fourth-order valence-electron chi connectivity index (χ4n) is 5.21. The number of unbranched alkanes of at least 4 members (excludes halogenated alkanes) is 1. The number of benzene rings is 1. The molecule has 1 aromatic rings. The first kappa shape index (κ1) is 39.2. The molecule has 5 amide bonds. The Morgan fingerprint density at radius 1 is 0.959 bits per heavy atom. The summed E-state index contributed by atoms with van der Waals surface area (Å²) in [5, 5.41) is 44.8. The van der Waals surface area contributed by atoms with E-state index in [2.05, 4.69) is 31.6 Å². The van der Waals surface area contributed by atoms with Gasteiger partial charge in [0.15, 0.2) is 12.2 Å². The van der Waals surface area contributed by atoms with Crippen LogP contribution >= 0.6 is 0 Å². The number of aliphatic hydroxyl groups excluding tert-OH is 3. The topological polar surface area (TPSA) is 316 Å². The Kier molecular flexibility index (Phi) is 15.7. The van der Waals surface area contributed by atoms with Gasteiger partial charge in [0.05, 0.1) is 18.8 Å². The van der Waals surface area contributed by atoms with Gasteiger partial charge < -0.3 is 79.0 Å². The van der Waals surface area contributed by atoms with Crippen LogP contribution in [0.3, 0.4) is 0 Å². The molecule has 1 aromatic carbocycles. The fraction of sp³-hybridized carbons (Fsp3) is 0.600. The van der Waals surface area contributed by atoms with Crippen LogP contribution in [0.1, 0.15) is 31.7 Å². The molecule has 2 aliphatic heterocycles. The molecule has 0 bridgehead atoms. The second kappa shape index (κ2) is 19.7. The number of hydrogen-bond donors (Lipinski definition) is 12. The van der Waals surface area contributed by atoms with Crippen LogP contribution in [0.2, 0.25) is 0 Å². The standard InChI is InChI=1S/C30H50N10O9/c1-16-21(39-30(46)40-26-22(38-29(34)45)24(43)19(41)15-47-26)25(44)23(37-28(32)33)27(48-16)49-18-8-5-17(6-9-18)7-10-20(42)36-14-4-13-35-12-3-2-11-31/h5-10,16,19,21-27,35,41,43-44H,2-4,11-15,31H2,1H3,(H,36,42)(H4,32,33,37)(H3,34,38,45)(H2,39,40,46)/b10-7+/t16-,19+,21-,22-,23+,24-,25+,26+,27+/m0/s1. The van der Waals surface area contributed by atoms with Crippen molar-refractivity contribution in [2.75, 3.05) is 32.8 Å². The summed E-state index contributed by atoms with van der Waals surface area (Å²) in [7, 11) is 0. The first-order valence-corrected chi connectivity index (χ1v) is 16.1. The van der Waals surface area contributed by atoms with Crippen LogP contribution in [0.25, 0.3) is 6.08 Å². The molecular formula is C30H50N10O9. The molecule has 2 aliphatic rings. The van der Waals surface area contributed by atoms with Crippen molar-refractivity contribution < 1.29 is 43.9 Å². The number of carbonyl (C=O) groups is 3. The van der Waals surface area contributed by atoms with Crippen LogP contribution in [0.15, 0.2) is 35.3 Å². The SMILES string of the molecule is C[C@@H]1O[C@H](Oc2ccc(/C=C/C(=O)NCCCNCCCCN)cc2)[C@H](N=C(N)N)[C@H](O)[C@H]1NC(=O)N[C@@H]1OC[C@@H](O)[C@H](O)[C@@H]1NC(N)=O. The van der Waals surface area contributed by atoms with Crippen LogP contribution in [-0.4, -0.2) is 127 Å². The monoisotopic (exact) mass is 694 g/mol. The molecule has 0 spiro atoms. The molecule has 0 radical (unpaired) electrons. The number of guanidine groups is 1. The zero-order valence-corrected chi connectivity index (χ0v) is 27.4. The number of urea groups is 2. The van der Waals surface area contributed by atoms with Gasteiger partial charge in [-0.3, -0.25) is 4.79 Å². The van der Waals surface area contributed by atoms with Gasteiger partial charge in [-0.1, -0.05) is 12.1 Å². The van der Waals surface area contributed by atoms with E-state index in [4.69, 9.17) is 37.1 Å². The maximum absolute atomic E-state index is 12.9. The van der Waals surface area contributed by atoms with Gasteiger partial charge in [0.2, 0.25) is 12.2 Å². The highest BCUT2D eigenvalue weighted by atomic mass is 16.7. The van der Waals surface area contributed by atoms with E-state index >= 15 is 0 Å². The van der Waals surface area contributed by atoms with Crippen LogP contribution in [0.5, 0.6) is 5.75 Å². The number of hydrogen-bond acceptors (Lipinski definition) is 12. The third kappa shape index (κ3) is 12.6. The summed E-state index contributed by atoms with van der Waals surface area (Å²) in [5.74, 6) is -0.225. The Balaban J connectivity index is 1.55. The highest BCUT2D eigenvalue weighted by Gasteiger charge is 2.46. The minimum absolute atomic E-state index is 0.219. The summed E-state index contributed by atoms with van der Waals surface area (Å²) in [6.45, 7) is 4.19. The first-order chi connectivity index (χ1) is 23.4. The number of nitrogens with one attached hydrogen (secondary N) is 5. The Labute approximate surface area is 284 Å². The summed E-state index contributed by atoms with van der Waals surface area (Å²) in [4.78, 5) is 40.6. The molecule has 16 N–H and O–H groups in total. The average Bonchev–Trinajstić information content (AvgIpc) is 3.05. The maximum Gasteiger partial charge on any atom is 0.317 e. The number of carbonyl (C=O) groups excluding carboxylic acids is 3. The maximum atomic E-state index is 12.9. The third-order valence-electron chi connectivity index (χ3n) is 7.76. The highest BCUT2D eigenvalue weighted by molar-refractivity contribution is 5.91. The van der Waals surface area contributed by atoms with E-state index < -0.39 is 67.1 Å². The summed E-state index contributed by atoms with van der Waals surface area (Å²) >= 11 is 0. The van der Waals surface area contributed by atoms with Crippen LogP contribution in [0.4, 0.5) is 9.59 Å². The van der Waals surface area contributed by atoms with E-state index in [-0.39, 0.29) is 18.5 Å². The molecule has 0 unspecified atom stereocenters. The van der Waals surface area contributed by atoms with Gasteiger partial charge >= 0.3 is 12.1 Å². The molecule has 3 rings (SSSR count). The summed E-state index contributed by atoms with van der Waals surface area (Å²) in [6, 6.07) is 1.35. The van der Waals surface area contributed by atoms with Crippen molar-refractivity contribution in [2.24, 2.45) is 27.9 Å². The van der Waals surface area contributed by atoms with Gasteiger partial charge in [0.1, 0.15) is 36.1 Å². The van der Waals surface area contributed by atoms with Crippen LogP contribution in [0, 0.1) is 0 Å². The van der Waals surface area contributed by atoms with Crippen molar-refractivity contribution in [2.45, 2.75) is 81.2 Å². The Morgan fingerprint density at radius 2 is 1.67 bits per heavy atom. The summed E-state index contributed by atoms with van der Waals surface area (Å²) in [6.07, 6.45) is -1.59. The fourth-order valence-corrected chi connectivity index (χ4v) is 5.21. The number of aliphatic imine (C=N–C) groups is 1. The van der Waals surface area contributed by atoms with Gasteiger partial charge in [-0.15, -0.1) is 0 Å². The molecular weight excluding hydrogens is 644 g/mol. The van der Waals surface area contributed by atoms with E-state index in [9.17, 15) is 29.7 Å². The zero-order chi connectivity index (χ0) is 35.9. The molecule has 19 heteroatoms. The lowest BCUT2D eigenvalue weighted by molar-refractivity contribution is -0.193. The molecule has 19 nitrogen and oxygen atoms in total. The largest absolute Gasteiger partial charge is 0.462 e. The Hall–Kier alpha value is -4.24. The molecule has 9 atom stereocenters. The van der Waals surface area contributed by atoms with Gasteiger partial charge in [-0.25, -0.2) is 14.6 Å². The molecule has 2 fully saturated rings. The quantitative estimate of drug-likeness (QED) is 0.0346. The predicted molar refractivity (Wildman–Crippen MR) is 179 cm³/mol. The molecule has 2 saturated heterocycles. The van der Waals surface area contributed by atoms with Gasteiger partial charge in [0.25, 0.3) is 0 Å². The minimum atomic E-state index is -1.48. The van der Waals surface area contributed by atoms with Crippen molar-refractivity contribution in [3.63, 3.8) is 0 Å². The number of rotatable bonds is 16. The Bertz CT molecular complexity index is 1270. The van der Waals surface area contributed by atoms with E-state index in [1.54, 1.807) is 37.3 Å². The molecule has 0 saturated carbocycles. The highest BCUT2D eigenvalue weighted by Crippen LogP contribution is 2.27. The lowest BCUT2D eigenvalue weighted by atomic mass is 9.95. The van der Waals surface area contributed by atoms with E-state index in [0.29, 0.717) is 18.8 Å². The van der Waals surface area contributed by atoms with Crippen LogP contribution < -0.4 is 54.3 Å². The predicted octanol–water partition coefficient (Wildman–Crippen LogP) is -3.56. The number of aliphatic hydroxyl groups is 3. The van der Waals surface area contributed by atoms with Gasteiger partial charge in [-0.2, -0.15) is 0 Å². The van der Waals surface area contributed by atoms with Crippen molar-refractivity contribution >= 4 is 30.0 Å². The second-order valence-corrected chi connectivity index (χ2v) is 11.6. The van der Waals surface area contributed by atoms with E-state index in [1.807, 2.05) is 0 Å². The van der Waals surface area contributed by atoms with Gasteiger partial charge in [-0.05, 0) is 69.6 Å². The second-order valence-electron chi connectivity index (χ2n) is 11.6. The molecule has 0 aliphatic carbocycles. The lowest BCUT2D eigenvalue weighted by Gasteiger charge is -2.42. The summed E-state index contributed by atoms with van der Waals surface area (Å²) < 4.78 is 17.3. The first-order valence-electron chi connectivity index (χ1n) is 16.1. The molecule has 49 heavy (non-hydrogen) atoms. The number of primary amides is 1. The molecule has 274 valence electrons. The number of nitrogens with two attached hydrogens (primary N) is 4. The number of nitrogens with zero attached hydrogens (tertiary/aromatic N) is 1. The average molecular weight is 695 g/mol. The lowest BCUT2D eigenvalue weighted by Crippen LogP contribution is -2.68. The van der Waals surface area contributed by atoms with Crippen molar-refractivity contribution in [1.82, 2.24) is 26.6 Å². The smallest absolute Gasteiger partial charge is 0.317 e. The normalized spacial score (nSPS) is 28.3. The van der Waals surface area contributed by atoms with E-state index in [0.717, 1.165) is 37.9 Å². The number of ether oxygens (including phenoxy) is 3. The summed E-state index contributed by atoms with van der Waals surface area (Å²) in [5.41, 5.74) is 22.6. The third-order valence-corrected chi connectivity index (χ3v) is 7.76. The minimum Gasteiger partial charge on any atom is -0.462 e. The zero-order valence-electron chi connectivity index (χ0n) is 27.4. The molecule has 0 aromatic heterocycles. The van der Waals surface area contributed by atoms with Crippen molar-refractivity contribution in [3.8, 4) is 5.75 Å². The Morgan fingerprint density at radius 3 is 2.35 bits per heavy atom. The van der Waals surface area contributed by atoms with Crippen molar-refractivity contribution in [1.29, 1.82) is 0 Å². The molecule has 2 heterocycles. The number of amides is 5. The van der Waals surface area contributed by atoms with Crippen LogP contribution in [-0.2, 0) is 14.3 Å². The van der Waals surface area contributed by atoms with E-state index in [1.165, 1.54) is 6.08 Å².